The minimum absolute atomic E-state index is 0.169. The van der Waals surface area contributed by atoms with Gasteiger partial charge in [-0.25, -0.2) is 4.79 Å². The van der Waals surface area contributed by atoms with Crippen LogP contribution in [0.2, 0.25) is 0 Å². The maximum atomic E-state index is 12.0. The maximum Gasteiger partial charge on any atom is 0.338 e. The molecule has 0 saturated heterocycles. The van der Waals surface area contributed by atoms with E-state index in [1.165, 1.54) is 32.1 Å². The van der Waals surface area contributed by atoms with E-state index >= 15 is 0 Å². The van der Waals surface area contributed by atoms with Crippen molar-refractivity contribution in [2.45, 2.75) is 66.2 Å². The van der Waals surface area contributed by atoms with Gasteiger partial charge in [-0.2, -0.15) is 0 Å². The Morgan fingerprint density at radius 3 is 2.26 bits per heavy atom. The minimum Gasteiger partial charge on any atom is -0.462 e. The van der Waals surface area contributed by atoms with E-state index in [1.54, 1.807) is 0 Å². The van der Waals surface area contributed by atoms with Crippen molar-refractivity contribution in [1.82, 2.24) is 0 Å². The molecule has 0 N–H and O–H groups in total. The molecule has 1 aliphatic carbocycles. The standard InChI is InChI=1S/C17H28O2/c1-13(2)12-16(14(3)4)17(18)19-11-10-15-8-6-5-7-9-15/h12,15H,5-11H2,1-4H3. The van der Waals surface area contributed by atoms with Gasteiger partial charge >= 0.3 is 5.97 Å². The maximum absolute atomic E-state index is 12.0. The summed E-state index contributed by atoms with van der Waals surface area (Å²) in [7, 11) is 0. The van der Waals surface area contributed by atoms with Crippen LogP contribution < -0.4 is 0 Å². The van der Waals surface area contributed by atoms with Crippen molar-refractivity contribution >= 4 is 5.97 Å². The Balaban J connectivity index is 2.41. The number of allylic oxidation sites excluding steroid dienone is 2. The first kappa shape index (κ1) is 16.0. The second-order valence-electron chi connectivity index (χ2n) is 6.06. The van der Waals surface area contributed by atoms with Crippen LogP contribution in [0.15, 0.2) is 22.8 Å². The lowest BCUT2D eigenvalue weighted by Crippen LogP contribution is -2.14. The average Bonchev–Trinajstić information content (AvgIpc) is 2.36. The summed E-state index contributed by atoms with van der Waals surface area (Å²) >= 11 is 0. The highest BCUT2D eigenvalue weighted by molar-refractivity contribution is 5.92. The van der Waals surface area contributed by atoms with Gasteiger partial charge in [-0.05, 0) is 46.1 Å². The fraction of sp³-hybridized carbons (Fsp3) is 0.706. The molecule has 0 aromatic carbocycles. The molecule has 0 radical (unpaired) electrons. The molecular formula is C17H28O2. The lowest BCUT2D eigenvalue weighted by molar-refractivity contribution is -0.139. The van der Waals surface area contributed by atoms with Crippen molar-refractivity contribution < 1.29 is 9.53 Å². The lowest BCUT2D eigenvalue weighted by Gasteiger charge is -2.21. The molecule has 0 atom stereocenters. The molecule has 0 spiro atoms. The summed E-state index contributed by atoms with van der Waals surface area (Å²) in [4.78, 5) is 12.0. The quantitative estimate of drug-likeness (QED) is 0.405. The summed E-state index contributed by atoms with van der Waals surface area (Å²) in [5, 5.41) is 0. The van der Waals surface area contributed by atoms with E-state index in [-0.39, 0.29) is 5.97 Å². The molecule has 0 unspecified atom stereocenters. The van der Waals surface area contributed by atoms with E-state index in [9.17, 15) is 4.79 Å². The average molecular weight is 264 g/mol. The molecular weight excluding hydrogens is 236 g/mol. The minimum atomic E-state index is -0.169. The zero-order valence-corrected chi connectivity index (χ0v) is 12.9. The summed E-state index contributed by atoms with van der Waals surface area (Å²) < 4.78 is 5.43. The highest BCUT2D eigenvalue weighted by atomic mass is 16.5. The van der Waals surface area contributed by atoms with Crippen LogP contribution in [0.1, 0.15) is 66.2 Å². The van der Waals surface area contributed by atoms with E-state index in [0.29, 0.717) is 12.2 Å². The Morgan fingerprint density at radius 1 is 1.11 bits per heavy atom. The highest BCUT2D eigenvalue weighted by Gasteiger charge is 2.15. The third-order valence-electron chi connectivity index (χ3n) is 3.68. The van der Waals surface area contributed by atoms with E-state index in [4.69, 9.17) is 4.74 Å². The van der Waals surface area contributed by atoms with Crippen LogP contribution in [0, 0.1) is 5.92 Å². The summed E-state index contributed by atoms with van der Waals surface area (Å²) in [5.74, 6) is 0.595. The van der Waals surface area contributed by atoms with Gasteiger partial charge in [-0.15, -0.1) is 0 Å². The van der Waals surface area contributed by atoms with Gasteiger partial charge < -0.3 is 4.74 Å². The number of hydrogen-bond donors (Lipinski definition) is 0. The predicted octanol–water partition coefficient (Wildman–Crippen LogP) is 4.80. The Morgan fingerprint density at radius 2 is 1.74 bits per heavy atom. The molecule has 0 amide bonds. The summed E-state index contributed by atoms with van der Waals surface area (Å²) in [6, 6.07) is 0. The van der Waals surface area contributed by atoms with Crippen LogP contribution in [0.25, 0.3) is 0 Å². The van der Waals surface area contributed by atoms with Crippen molar-refractivity contribution in [1.29, 1.82) is 0 Å². The second-order valence-corrected chi connectivity index (χ2v) is 6.06. The molecule has 0 aromatic rings. The molecule has 0 aliphatic heterocycles. The predicted molar refractivity (Wildman–Crippen MR) is 80.0 cm³/mol. The zero-order chi connectivity index (χ0) is 14.3. The first-order chi connectivity index (χ1) is 9.00. The fourth-order valence-electron chi connectivity index (χ4n) is 2.57. The molecule has 0 heterocycles. The second kappa shape index (κ2) is 8.19. The van der Waals surface area contributed by atoms with Gasteiger partial charge in [0.2, 0.25) is 0 Å². The first-order valence-corrected chi connectivity index (χ1v) is 7.50. The molecule has 1 rings (SSSR count). The van der Waals surface area contributed by atoms with Gasteiger partial charge in [0.15, 0.2) is 0 Å². The Hall–Kier alpha value is -1.05. The van der Waals surface area contributed by atoms with Crippen molar-refractivity contribution in [2.24, 2.45) is 5.92 Å². The van der Waals surface area contributed by atoms with Crippen LogP contribution in [-0.2, 0) is 9.53 Å². The molecule has 1 fully saturated rings. The van der Waals surface area contributed by atoms with Crippen LogP contribution in [-0.4, -0.2) is 12.6 Å². The van der Waals surface area contributed by atoms with Crippen LogP contribution in [0.5, 0.6) is 0 Å². The van der Waals surface area contributed by atoms with Gasteiger partial charge in [-0.3, -0.25) is 0 Å². The number of hydrogen-bond acceptors (Lipinski definition) is 2. The molecule has 0 bridgehead atoms. The van der Waals surface area contributed by atoms with Gasteiger partial charge in [-0.1, -0.05) is 43.3 Å². The van der Waals surface area contributed by atoms with E-state index in [2.05, 4.69) is 0 Å². The number of carbonyl (C=O) groups excluding carboxylic acids is 1. The zero-order valence-electron chi connectivity index (χ0n) is 12.9. The summed E-state index contributed by atoms with van der Waals surface area (Å²) in [6.07, 6.45) is 9.61. The Kier molecular flexibility index (Phi) is 6.90. The molecule has 2 heteroatoms. The van der Waals surface area contributed by atoms with Crippen molar-refractivity contribution in [2.75, 3.05) is 6.61 Å². The highest BCUT2D eigenvalue weighted by Crippen LogP contribution is 2.26. The Labute approximate surface area is 117 Å². The lowest BCUT2D eigenvalue weighted by atomic mass is 9.87. The number of esters is 1. The fourth-order valence-corrected chi connectivity index (χ4v) is 2.57. The molecule has 108 valence electrons. The third-order valence-corrected chi connectivity index (χ3v) is 3.68. The van der Waals surface area contributed by atoms with Gasteiger partial charge in [0.05, 0.1) is 12.2 Å². The van der Waals surface area contributed by atoms with E-state index < -0.39 is 0 Å². The summed E-state index contributed by atoms with van der Waals surface area (Å²) in [6.45, 7) is 8.47. The van der Waals surface area contributed by atoms with Crippen LogP contribution >= 0.6 is 0 Å². The number of ether oxygens (including phenoxy) is 1. The van der Waals surface area contributed by atoms with Gasteiger partial charge in [0, 0.05) is 0 Å². The van der Waals surface area contributed by atoms with E-state index in [1.807, 2.05) is 33.8 Å². The van der Waals surface area contributed by atoms with Crippen molar-refractivity contribution in [3.05, 3.63) is 22.8 Å². The topological polar surface area (TPSA) is 26.3 Å². The number of carbonyl (C=O) groups is 1. The van der Waals surface area contributed by atoms with Crippen LogP contribution in [0.4, 0.5) is 0 Å². The van der Waals surface area contributed by atoms with Gasteiger partial charge in [0.1, 0.15) is 0 Å². The normalized spacial score (nSPS) is 15.8. The molecule has 0 aromatic heterocycles. The molecule has 2 nitrogen and oxygen atoms in total. The third kappa shape index (κ3) is 6.09. The first-order valence-electron chi connectivity index (χ1n) is 7.50. The Bertz CT molecular complexity index is 349. The van der Waals surface area contributed by atoms with Crippen molar-refractivity contribution in [3.8, 4) is 0 Å². The molecule has 19 heavy (non-hydrogen) atoms. The monoisotopic (exact) mass is 264 g/mol. The number of rotatable bonds is 5. The largest absolute Gasteiger partial charge is 0.462 e. The smallest absolute Gasteiger partial charge is 0.338 e. The van der Waals surface area contributed by atoms with Crippen molar-refractivity contribution in [3.63, 3.8) is 0 Å². The van der Waals surface area contributed by atoms with Gasteiger partial charge in [0.25, 0.3) is 0 Å². The SMILES string of the molecule is CC(C)=CC(C(=O)OCCC1CCCCC1)=C(C)C. The van der Waals surface area contributed by atoms with Crippen LogP contribution in [0.3, 0.4) is 0 Å². The summed E-state index contributed by atoms with van der Waals surface area (Å²) in [5.41, 5.74) is 2.85. The molecule has 1 aliphatic rings. The van der Waals surface area contributed by atoms with E-state index in [0.717, 1.165) is 23.5 Å². The molecule has 1 saturated carbocycles.